The molecule has 0 aliphatic carbocycles. The SMILES string of the molecule is CC1(C)OC[C@@H](c2c3nc(c([C@H]4COC(C)(C)O4)c4ccc([nH]4)c([C@H]4COC(C)(C)O4)c4nc(c([C@@H]5COC(C)(C)O5)c5ccc2[nH]5)C=C4)C=C3)O1. The van der Waals surface area contributed by atoms with Crippen LogP contribution in [-0.4, -0.2) is 69.5 Å². The zero-order chi connectivity index (χ0) is 36.2. The maximum Gasteiger partial charge on any atom is 0.163 e. The quantitative estimate of drug-likeness (QED) is 0.189. The summed E-state index contributed by atoms with van der Waals surface area (Å²) in [4.78, 5) is 18.0. The molecule has 6 aliphatic heterocycles. The molecular formula is C40H46N4O8. The van der Waals surface area contributed by atoms with E-state index in [2.05, 4.69) is 34.2 Å². The summed E-state index contributed by atoms with van der Waals surface area (Å²) in [7, 11) is 0. The Balaban J connectivity index is 1.37. The van der Waals surface area contributed by atoms with Crippen LogP contribution < -0.4 is 0 Å². The number of ether oxygens (including phenoxy) is 8. The lowest BCUT2D eigenvalue weighted by molar-refractivity contribution is -0.139. The lowest BCUT2D eigenvalue weighted by Crippen LogP contribution is -2.20. The summed E-state index contributed by atoms with van der Waals surface area (Å²) in [5.74, 6) is -2.99. The molecule has 3 aromatic heterocycles. The fourth-order valence-electron chi connectivity index (χ4n) is 7.97. The van der Waals surface area contributed by atoms with Gasteiger partial charge in [-0.2, -0.15) is 0 Å². The van der Waals surface area contributed by atoms with Gasteiger partial charge in [-0.05, 0) is 104 Å². The molecule has 4 fully saturated rings. The Hall–Kier alpha value is -3.72. The van der Waals surface area contributed by atoms with Crippen molar-refractivity contribution >= 4 is 46.4 Å². The highest BCUT2D eigenvalue weighted by Gasteiger charge is 2.40. The number of H-pyrrole nitrogens is 2. The molecule has 12 nitrogen and oxygen atoms in total. The van der Waals surface area contributed by atoms with Crippen LogP contribution >= 0.6 is 0 Å². The van der Waals surface area contributed by atoms with Gasteiger partial charge in [-0.1, -0.05) is 0 Å². The van der Waals surface area contributed by atoms with E-state index in [1.165, 1.54) is 0 Å². The van der Waals surface area contributed by atoms with Crippen LogP contribution in [0.15, 0.2) is 24.3 Å². The second-order valence-corrected chi connectivity index (χ2v) is 15.9. The van der Waals surface area contributed by atoms with Gasteiger partial charge >= 0.3 is 0 Å². The van der Waals surface area contributed by atoms with Crippen LogP contribution in [0.1, 0.15) is 125 Å². The Bertz CT molecular complexity index is 1880. The predicted octanol–water partition coefficient (Wildman–Crippen LogP) is 7.95. The summed E-state index contributed by atoms with van der Waals surface area (Å²) in [6.07, 6.45) is 6.66. The van der Waals surface area contributed by atoms with Crippen molar-refractivity contribution in [3.05, 3.63) is 69.3 Å². The van der Waals surface area contributed by atoms with Crippen LogP contribution in [0.3, 0.4) is 0 Å². The van der Waals surface area contributed by atoms with E-state index in [0.29, 0.717) is 26.4 Å². The Kier molecular flexibility index (Phi) is 7.79. The molecular weight excluding hydrogens is 664 g/mol. The first-order chi connectivity index (χ1) is 24.6. The van der Waals surface area contributed by atoms with Gasteiger partial charge in [0.25, 0.3) is 0 Å². The van der Waals surface area contributed by atoms with Crippen molar-refractivity contribution in [2.75, 3.05) is 26.4 Å². The minimum Gasteiger partial charge on any atom is -0.355 e. The van der Waals surface area contributed by atoms with E-state index in [4.69, 9.17) is 47.9 Å². The largest absolute Gasteiger partial charge is 0.355 e. The maximum absolute atomic E-state index is 6.49. The average Bonchev–Trinajstić information content (AvgIpc) is 3.90. The molecule has 0 spiro atoms. The molecule has 0 saturated carbocycles. The molecule has 8 bridgehead atoms. The molecule has 0 amide bonds. The van der Waals surface area contributed by atoms with E-state index < -0.39 is 23.1 Å². The normalized spacial score (nSPS) is 28.3. The van der Waals surface area contributed by atoms with Gasteiger partial charge in [0.05, 0.1) is 49.2 Å². The van der Waals surface area contributed by atoms with Crippen LogP contribution in [0.2, 0.25) is 0 Å². The molecule has 52 heavy (non-hydrogen) atoms. The highest BCUT2D eigenvalue weighted by Crippen LogP contribution is 2.43. The number of hydrogen-bond acceptors (Lipinski definition) is 10. The monoisotopic (exact) mass is 710 g/mol. The molecule has 274 valence electrons. The number of aromatic nitrogens is 4. The highest BCUT2D eigenvalue weighted by molar-refractivity contribution is 5.84. The van der Waals surface area contributed by atoms with Gasteiger partial charge in [-0.25, -0.2) is 9.97 Å². The van der Waals surface area contributed by atoms with Gasteiger partial charge in [-0.15, -0.1) is 0 Å². The van der Waals surface area contributed by atoms with E-state index in [9.17, 15) is 0 Å². The first-order valence-corrected chi connectivity index (χ1v) is 18.1. The summed E-state index contributed by atoms with van der Waals surface area (Å²) in [6, 6.07) is 8.27. The maximum atomic E-state index is 6.49. The van der Waals surface area contributed by atoms with Crippen molar-refractivity contribution in [1.29, 1.82) is 0 Å². The lowest BCUT2D eigenvalue weighted by Gasteiger charge is -2.18. The van der Waals surface area contributed by atoms with Gasteiger partial charge < -0.3 is 47.9 Å². The second-order valence-electron chi connectivity index (χ2n) is 15.9. The van der Waals surface area contributed by atoms with Crippen molar-refractivity contribution in [2.24, 2.45) is 0 Å². The number of rotatable bonds is 4. The topological polar surface area (TPSA) is 131 Å². The molecule has 6 aliphatic rings. The zero-order valence-electron chi connectivity index (χ0n) is 30.9. The van der Waals surface area contributed by atoms with E-state index in [-0.39, 0.29) is 24.4 Å². The number of aromatic amines is 2. The molecule has 2 N–H and O–H groups in total. The minimum absolute atomic E-state index is 0.374. The number of fused-ring (bicyclic) bond motifs is 8. The van der Waals surface area contributed by atoms with Gasteiger partial charge in [0.2, 0.25) is 0 Å². The van der Waals surface area contributed by atoms with Crippen LogP contribution in [0.5, 0.6) is 0 Å². The molecule has 3 aromatic rings. The summed E-state index contributed by atoms with van der Waals surface area (Å²) in [6.45, 7) is 17.0. The molecule has 12 heteroatoms. The van der Waals surface area contributed by atoms with E-state index >= 15 is 0 Å². The van der Waals surface area contributed by atoms with Crippen LogP contribution in [0.4, 0.5) is 0 Å². The van der Waals surface area contributed by atoms with Crippen molar-refractivity contribution in [1.82, 2.24) is 19.9 Å². The van der Waals surface area contributed by atoms with E-state index in [0.717, 1.165) is 67.1 Å². The zero-order valence-corrected chi connectivity index (χ0v) is 30.9. The summed E-state index contributed by atoms with van der Waals surface area (Å²) in [5.41, 5.74) is 10.1. The van der Waals surface area contributed by atoms with E-state index in [1.54, 1.807) is 0 Å². The third-order valence-corrected chi connectivity index (χ3v) is 10.2. The Morgan fingerprint density at radius 1 is 0.423 bits per heavy atom. The minimum atomic E-state index is -0.749. The first-order valence-electron chi connectivity index (χ1n) is 18.1. The van der Waals surface area contributed by atoms with Crippen molar-refractivity contribution in [2.45, 2.75) is 103 Å². The fourth-order valence-corrected chi connectivity index (χ4v) is 7.97. The summed E-state index contributed by atoms with van der Waals surface area (Å²) in [5, 5.41) is 0. The molecule has 0 aromatic carbocycles. The highest BCUT2D eigenvalue weighted by atomic mass is 16.8. The standard InChI is InChI=1S/C40H46N4O8/c1-37(2)45-17-29(49-37)33-21-9-11-23(41-21)34(30-18-46-38(3,4)50-30)25-13-15-27(43-25)36(32-20-48-40(7,8)52-32)28-16-14-26(44-28)35(24-12-10-22(33)42-24)31-19-47-39(5,6)51-31/h9-16,29-32,41,44H,17-20H2,1-8H3/t29-,30-,31+,32+. The number of nitrogens with zero attached hydrogens (tertiary/aromatic N) is 2. The number of hydrogen-bond donors (Lipinski definition) is 2. The van der Waals surface area contributed by atoms with Gasteiger partial charge in [0.1, 0.15) is 24.4 Å². The van der Waals surface area contributed by atoms with Crippen molar-refractivity contribution < 1.29 is 37.9 Å². The van der Waals surface area contributed by atoms with Crippen LogP contribution in [0, 0.1) is 0 Å². The molecule has 4 saturated heterocycles. The van der Waals surface area contributed by atoms with Gasteiger partial charge in [0.15, 0.2) is 23.1 Å². The Morgan fingerprint density at radius 2 is 0.654 bits per heavy atom. The van der Waals surface area contributed by atoms with Crippen LogP contribution in [0.25, 0.3) is 46.4 Å². The van der Waals surface area contributed by atoms with Gasteiger partial charge in [-0.3, -0.25) is 0 Å². The van der Waals surface area contributed by atoms with Gasteiger partial charge in [0, 0.05) is 44.3 Å². The fraction of sp³-hybridized carbons (Fsp3) is 0.500. The Morgan fingerprint density at radius 3 is 0.846 bits per heavy atom. The molecule has 9 rings (SSSR count). The summed E-state index contributed by atoms with van der Waals surface area (Å²) >= 11 is 0. The molecule has 0 radical (unpaired) electrons. The lowest BCUT2D eigenvalue weighted by atomic mass is 10.1. The third kappa shape index (κ3) is 6.14. The van der Waals surface area contributed by atoms with Crippen LogP contribution in [-0.2, 0) is 37.9 Å². The summed E-state index contributed by atoms with van der Waals surface area (Å²) < 4.78 is 50.3. The van der Waals surface area contributed by atoms with E-state index in [1.807, 2.05) is 79.7 Å². The number of nitrogens with one attached hydrogen (secondary N) is 2. The average molecular weight is 711 g/mol. The van der Waals surface area contributed by atoms with Crippen molar-refractivity contribution in [3.63, 3.8) is 0 Å². The first kappa shape index (κ1) is 34.1. The third-order valence-electron chi connectivity index (χ3n) is 10.2. The van der Waals surface area contributed by atoms with Crippen molar-refractivity contribution in [3.8, 4) is 0 Å². The molecule has 0 unspecified atom stereocenters. The smallest absolute Gasteiger partial charge is 0.163 e. The second kappa shape index (κ2) is 11.9. The molecule has 9 heterocycles. The molecule has 4 atom stereocenters. The predicted molar refractivity (Wildman–Crippen MR) is 194 cm³/mol. The Labute approximate surface area is 302 Å².